The number of hydrogen-bond acceptors (Lipinski definition) is 7. The Hall–Kier alpha value is -2.61. The summed E-state index contributed by atoms with van der Waals surface area (Å²) in [5.41, 5.74) is 1.05. The van der Waals surface area contributed by atoms with Gasteiger partial charge in [0.1, 0.15) is 35.8 Å². The lowest BCUT2D eigenvalue weighted by molar-refractivity contribution is -0.178. The molecule has 8 heteroatoms. The molecule has 1 saturated heterocycles. The summed E-state index contributed by atoms with van der Waals surface area (Å²) in [5.74, 6) is 0.703. The molecule has 0 bridgehead atoms. The topological polar surface area (TPSA) is 102 Å². The van der Waals surface area contributed by atoms with Crippen molar-refractivity contribution in [2.45, 2.75) is 96.7 Å². The van der Waals surface area contributed by atoms with Crippen molar-refractivity contribution in [1.29, 1.82) is 0 Å². The number of carbonyl (C=O) groups is 3. The molecule has 1 aliphatic heterocycles. The Morgan fingerprint density at radius 3 is 2.46 bits per heavy atom. The first-order chi connectivity index (χ1) is 17.5. The SMILES string of the molecule is CCc1cc(CCC2(C3CCCC3)CC(=O)CC(=O)O2)ccc1OCCN(C)C(=O)OC(C)(C)C.CO. The molecular weight excluding hydrogens is 474 g/mol. The summed E-state index contributed by atoms with van der Waals surface area (Å²) in [4.78, 5) is 38.1. The van der Waals surface area contributed by atoms with E-state index in [4.69, 9.17) is 19.3 Å². The summed E-state index contributed by atoms with van der Waals surface area (Å²) >= 11 is 0. The van der Waals surface area contributed by atoms with Crippen LogP contribution >= 0.6 is 0 Å². The molecule has 0 radical (unpaired) electrons. The largest absolute Gasteiger partial charge is 0.491 e. The molecule has 37 heavy (non-hydrogen) atoms. The van der Waals surface area contributed by atoms with Crippen LogP contribution in [0, 0.1) is 5.92 Å². The second-order valence-electron chi connectivity index (χ2n) is 11.0. The Labute approximate surface area is 221 Å². The Bertz CT molecular complexity index is 899. The van der Waals surface area contributed by atoms with Crippen molar-refractivity contribution >= 4 is 17.8 Å². The molecule has 208 valence electrons. The second kappa shape index (κ2) is 13.8. The average Bonchev–Trinajstić information content (AvgIpc) is 3.39. The Morgan fingerprint density at radius 1 is 1.19 bits per heavy atom. The number of amides is 1. The predicted octanol–water partition coefficient (Wildman–Crippen LogP) is 4.87. The van der Waals surface area contributed by atoms with Gasteiger partial charge in [-0.15, -0.1) is 0 Å². The van der Waals surface area contributed by atoms with E-state index in [1.807, 2.05) is 32.9 Å². The zero-order chi connectivity index (χ0) is 27.6. The summed E-state index contributed by atoms with van der Waals surface area (Å²) in [6.07, 6.45) is 6.40. The van der Waals surface area contributed by atoms with Gasteiger partial charge in [-0.05, 0) is 76.0 Å². The fourth-order valence-electron chi connectivity index (χ4n) is 5.16. The van der Waals surface area contributed by atoms with Crippen LogP contribution in [0.25, 0.3) is 0 Å². The van der Waals surface area contributed by atoms with Crippen LogP contribution in [0.5, 0.6) is 5.75 Å². The number of rotatable bonds is 9. The van der Waals surface area contributed by atoms with Gasteiger partial charge < -0.3 is 24.2 Å². The van der Waals surface area contributed by atoms with Gasteiger partial charge in [0, 0.05) is 20.6 Å². The highest BCUT2D eigenvalue weighted by molar-refractivity contribution is 5.98. The fourth-order valence-corrected chi connectivity index (χ4v) is 5.16. The summed E-state index contributed by atoms with van der Waals surface area (Å²) < 4.78 is 17.3. The molecule has 1 aliphatic carbocycles. The van der Waals surface area contributed by atoms with Gasteiger partial charge in [0.2, 0.25) is 0 Å². The van der Waals surface area contributed by atoms with Crippen molar-refractivity contribution in [3.63, 3.8) is 0 Å². The number of benzene rings is 1. The highest BCUT2D eigenvalue weighted by atomic mass is 16.6. The second-order valence-corrected chi connectivity index (χ2v) is 11.0. The van der Waals surface area contributed by atoms with E-state index in [1.165, 1.54) is 4.90 Å². The third-order valence-corrected chi connectivity index (χ3v) is 6.99. The number of aryl methyl sites for hydroxylation is 2. The van der Waals surface area contributed by atoms with Crippen LogP contribution in [0.4, 0.5) is 4.79 Å². The number of cyclic esters (lactones) is 1. The maximum atomic E-state index is 12.3. The number of aliphatic hydroxyl groups excluding tert-OH is 1. The molecule has 1 saturated carbocycles. The van der Waals surface area contributed by atoms with Crippen LogP contribution in [0.3, 0.4) is 0 Å². The van der Waals surface area contributed by atoms with Crippen molar-refractivity contribution in [1.82, 2.24) is 4.90 Å². The van der Waals surface area contributed by atoms with E-state index in [-0.39, 0.29) is 30.2 Å². The van der Waals surface area contributed by atoms with Gasteiger partial charge in [0.05, 0.1) is 6.54 Å². The first kappa shape index (κ1) is 30.6. The average molecular weight is 520 g/mol. The van der Waals surface area contributed by atoms with Gasteiger partial charge in [-0.1, -0.05) is 31.9 Å². The molecule has 0 spiro atoms. The Morgan fingerprint density at radius 2 is 1.86 bits per heavy atom. The number of Topliss-reactive ketones (excluding diaryl/α,β-unsaturated/α-hetero) is 1. The van der Waals surface area contributed by atoms with E-state index in [2.05, 4.69) is 13.0 Å². The van der Waals surface area contributed by atoms with Crippen molar-refractivity contribution in [3.05, 3.63) is 29.3 Å². The molecule has 8 nitrogen and oxygen atoms in total. The molecule has 2 fully saturated rings. The lowest BCUT2D eigenvalue weighted by atomic mass is 9.76. The van der Waals surface area contributed by atoms with E-state index in [9.17, 15) is 14.4 Å². The van der Waals surface area contributed by atoms with Crippen molar-refractivity contribution in [2.75, 3.05) is 27.3 Å². The Balaban J connectivity index is 0.00000235. The van der Waals surface area contributed by atoms with Gasteiger partial charge in [-0.3, -0.25) is 9.59 Å². The molecular formula is C29H45NO7. The molecule has 2 aliphatic rings. The highest BCUT2D eigenvalue weighted by Gasteiger charge is 2.47. The maximum Gasteiger partial charge on any atom is 0.410 e. The third kappa shape index (κ3) is 9.02. The van der Waals surface area contributed by atoms with Crippen molar-refractivity contribution < 1.29 is 33.7 Å². The summed E-state index contributed by atoms with van der Waals surface area (Å²) in [6.45, 7) is 8.40. The minimum atomic E-state index is -0.656. The maximum absolute atomic E-state index is 12.3. The minimum absolute atomic E-state index is 0.00231. The van der Waals surface area contributed by atoms with Gasteiger partial charge in [0.25, 0.3) is 0 Å². The van der Waals surface area contributed by atoms with Crippen LogP contribution in [0.2, 0.25) is 0 Å². The lowest BCUT2D eigenvalue weighted by Gasteiger charge is -2.41. The molecule has 1 amide bonds. The number of carbonyl (C=O) groups excluding carboxylic acids is 3. The third-order valence-electron chi connectivity index (χ3n) is 6.99. The molecule has 1 heterocycles. The Kier molecular flexibility index (Phi) is 11.4. The molecule has 1 N–H and O–H groups in total. The summed E-state index contributed by atoms with van der Waals surface area (Å²) in [6, 6.07) is 6.16. The van der Waals surface area contributed by atoms with Gasteiger partial charge in [-0.2, -0.15) is 0 Å². The molecule has 1 unspecified atom stereocenters. The molecule has 1 aromatic rings. The smallest absolute Gasteiger partial charge is 0.410 e. The number of aliphatic hydroxyl groups is 1. The van der Waals surface area contributed by atoms with E-state index < -0.39 is 11.2 Å². The monoisotopic (exact) mass is 519 g/mol. The number of likely N-dealkylation sites (N-methyl/N-ethyl adjacent to an activating group) is 1. The van der Waals surface area contributed by atoms with Gasteiger partial charge in [0.15, 0.2) is 0 Å². The number of esters is 1. The highest BCUT2D eigenvalue weighted by Crippen LogP contribution is 2.44. The number of ketones is 1. The van der Waals surface area contributed by atoms with Crippen LogP contribution in [0.1, 0.15) is 83.8 Å². The van der Waals surface area contributed by atoms with Crippen molar-refractivity contribution in [3.8, 4) is 5.75 Å². The number of ether oxygens (including phenoxy) is 3. The van der Waals surface area contributed by atoms with Crippen LogP contribution in [-0.4, -0.2) is 66.4 Å². The number of hydrogen-bond donors (Lipinski definition) is 1. The molecule has 1 atom stereocenters. The van der Waals surface area contributed by atoms with E-state index in [1.54, 1.807) is 7.05 Å². The fraction of sp³-hybridized carbons (Fsp3) is 0.690. The van der Waals surface area contributed by atoms with Crippen LogP contribution < -0.4 is 4.74 Å². The first-order valence-corrected chi connectivity index (χ1v) is 13.4. The minimum Gasteiger partial charge on any atom is -0.491 e. The standard InChI is InChI=1S/C28H41NO6.CH4O/c1-6-21-17-20(11-12-24(21)33-16-15-29(5)26(32)35-27(2,3)4)13-14-28(22-9-7-8-10-22)19-23(30)18-25(31)34-28;1-2/h11-12,17,22H,6-10,13-16,18-19H2,1-5H3;2H,1H3. The predicted molar refractivity (Wildman–Crippen MR) is 142 cm³/mol. The number of nitrogens with zero attached hydrogens (tertiary/aromatic N) is 1. The van der Waals surface area contributed by atoms with Gasteiger partial charge in [-0.25, -0.2) is 4.79 Å². The van der Waals surface area contributed by atoms with Crippen molar-refractivity contribution in [2.24, 2.45) is 5.92 Å². The zero-order valence-electron chi connectivity index (χ0n) is 23.4. The molecule has 3 rings (SSSR count). The summed E-state index contributed by atoms with van der Waals surface area (Å²) in [7, 11) is 2.70. The van der Waals surface area contributed by atoms with Crippen LogP contribution in [-0.2, 0) is 31.9 Å². The quantitative estimate of drug-likeness (QED) is 0.367. The zero-order valence-corrected chi connectivity index (χ0v) is 23.4. The lowest BCUT2D eigenvalue weighted by Crippen LogP contribution is -2.48. The van der Waals surface area contributed by atoms with Gasteiger partial charge >= 0.3 is 12.1 Å². The molecule has 0 aromatic heterocycles. The molecule has 1 aromatic carbocycles. The van der Waals surface area contributed by atoms with E-state index in [0.29, 0.717) is 26.0 Å². The first-order valence-electron chi connectivity index (χ1n) is 13.4. The normalized spacial score (nSPS) is 20.1. The summed E-state index contributed by atoms with van der Waals surface area (Å²) in [5, 5.41) is 7.00. The van der Waals surface area contributed by atoms with Crippen LogP contribution in [0.15, 0.2) is 18.2 Å². The van der Waals surface area contributed by atoms with E-state index in [0.717, 1.165) is 62.5 Å². The van der Waals surface area contributed by atoms with E-state index >= 15 is 0 Å².